The summed E-state index contributed by atoms with van der Waals surface area (Å²) in [4.78, 5) is 13.0. The largest absolute Gasteiger partial charge is 0.471 e. The molecular weight excluding hydrogens is 341 g/mol. The summed E-state index contributed by atoms with van der Waals surface area (Å²) in [5, 5.41) is 0. The summed E-state index contributed by atoms with van der Waals surface area (Å²) >= 11 is 0. The lowest BCUT2D eigenvalue weighted by Crippen LogP contribution is -2.49. The molecule has 2 aliphatic carbocycles. The van der Waals surface area contributed by atoms with Crippen molar-refractivity contribution < 1.29 is 18.0 Å². The molecule has 0 bridgehead atoms. The number of hydrogen-bond donors (Lipinski definition) is 1. The fourth-order valence-electron chi connectivity index (χ4n) is 3.91. The zero-order valence-electron chi connectivity index (χ0n) is 14.9. The number of halogens is 3. The van der Waals surface area contributed by atoms with Gasteiger partial charge in [0.05, 0.1) is 0 Å². The van der Waals surface area contributed by atoms with Gasteiger partial charge in [-0.2, -0.15) is 13.2 Å². The van der Waals surface area contributed by atoms with Crippen molar-refractivity contribution >= 4 is 12.0 Å². The highest BCUT2D eigenvalue weighted by molar-refractivity contribution is 5.82. The number of alkyl halides is 3. The molecule has 0 aliphatic heterocycles. The van der Waals surface area contributed by atoms with E-state index in [0.717, 1.165) is 22.5 Å². The van der Waals surface area contributed by atoms with Crippen LogP contribution in [0, 0.1) is 11.8 Å². The Kier molecular flexibility index (Phi) is 5.42. The van der Waals surface area contributed by atoms with Gasteiger partial charge in [-0.15, -0.1) is 0 Å². The topological polar surface area (TPSA) is 46.3 Å². The van der Waals surface area contributed by atoms with Crippen molar-refractivity contribution in [1.29, 1.82) is 0 Å². The molecule has 0 radical (unpaired) electrons. The lowest BCUT2D eigenvalue weighted by Gasteiger charge is -2.37. The van der Waals surface area contributed by atoms with Crippen molar-refractivity contribution in [3.8, 4) is 0 Å². The number of rotatable bonds is 6. The van der Waals surface area contributed by atoms with Crippen LogP contribution in [-0.4, -0.2) is 35.6 Å². The summed E-state index contributed by atoms with van der Waals surface area (Å²) in [6, 6.07) is 9.45. The van der Waals surface area contributed by atoms with E-state index in [1.165, 1.54) is 0 Å². The van der Waals surface area contributed by atoms with E-state index in [4.69, 9.17) is 5.73 Å². The first-order valence-electron chi connectivity index (χ1n) is 9.18. The first kappa shape index (κ1) is 19.0. The Hall–Kier alpha value is -1.82. The molecule has 0 spiro atoms. The molecule has 26 heavy (non-hydrogen) atoms. The number of nitrogens with two attached hydrogens (primary N) is 1. The molecule has 0 saturated heterocycles. The highest BCUT2D eigenvalue weighted by atomic mass is 19.4. The van der Waals surface area contributed by atoms with Gasteiger partial charge in [-0.3, -0.25) is 4.79 Å². The number of carbonyl (C=O) groups is 1. The highest BCUT2D eigenvalue weighted by Crippen LogP contribution is 2.45. The molecule has 2 unspecified atom stereocenters. The summed E-state index contributed by atoms with van der Waals surface area (Å²) in [6.07, 6.45) is -0.0285. The molecule has 1 aromatic carbocycles. The number of benzene rings is 1. The molecule has 2 saturated carbocycles. The Balaban J connectivity index is 1.73. The molecule has 2 N–H and O–H groups in total. The number of nitrogens with zero attached hydrogens (tertiary/aromatic N) is 1. The van der Waals surface area contributed by atoms with Crippen molar-refractivity contribution in [2.45, 2.75) is 50.9 Å². The molecule has 3 rings (SSSR count). The third kappa shape index (κ3) is 4.29. The predicted octanol–water partition coefficient (Wildman–Crippen LogP) is 4.00. The average molecular weight is 366 g/mol. The lowest BCUT2D eigenvalue weighted by molar-refractivity contribution is -0.187. The Morgan fingerprint density at radius 3 is 2.42 bits per heavy atom. The average Bonchev–Trinajstić information content (AvgIpc) is 3.35. The van der Waals surface area contributed by atoms with Gasteiger partial charge in [0, 0.05) is 24.5 Å². The van der Waals surface area contributed by atoms with Crippen LogP contribution in [0.25, 0.3) is 6.08 Å². The van der Waals surface area contributed by atoms with Crippen LogP contribution >= 0.6 is 0 Å². The zero-order chi connectivity index (χ0) is 18.9. The van der Waals surface area contributed by atoms with Gasteiger partial charge < -0.3 is 10.6 Å². The standard InChI is InChI=1S/C20H25F3N2O/c1-2-15(8-13-6-4-3-5-7-13)17-11-18(17)25(19(26)20(21,22)23)12-14-9-16(24)10-14/h3-8,14,16-18H,2,9-12,24H2,1H3/b15-8+. The van der Waals surface area contributed by atoms with Crippen LogP contribution in [0.4, 0.5) is 13.2 Å². The van der Waals surface area contributed by atoms with Crippen LogP contribution < -0.4 is 5.73 Å². The maximum atomic E-state index is 13.1. The van der Waals surface area contributed by atoms with Crippen LogP contribution in [0.15, 0.2) is 35.9 Å². The van der Waals surface area contributed by atoms with Crippen LogP contribution in [-0.2, 0) is 4.79 Å². The minimum Gasteiger partial charge on any atom is -0.331 e. The minimum atomic E-state index is -4.82. The summed E-state index contributed by atoms with van der Waals surface area (Å²) in [5.74, 6) is -1.61. The van der Waals surface area contributed by atoms with Crippen molar-refractivity contribution in [3.63, 3.8) is 0 Å². The first-order valence-corrected chi connectivity index (χ1v) is 9.18. The minimum absolute atomic E-state index is 0.0141. The summed E-state index contributed by atoms with van der Waals surface area (Å²) in [6.45, 7) is 2.17. The molecule has 142 valence electrons. The number of hydrogen-bond acceptors (Lipinski definition) is 2. The van der Waals surface area contributed by atoms with Gasteiger partial charge >= 0.3 is 12.1 Å². The van der Waals surface area contributed by atoms with E-state index in [9.17, 15) is 18.0 Å². The van der Waals surface area contributed by atoms with E-state index < -0.39 is 12.1 Å². The Labute approximate surface area is 152 Å². The fraction of sp³-hybridized carbons (Fsp3) is 0.550. The quantitative estimate of drug-likeness (QED) is 0.827. The van der Waals surface area contributed by atoms with Crippen molar-refractivity contribution in [2.24, 2.45) is 17.6 Å². The molecule has 3 nitrogen and oxygen atoms in total. The third-order valence-corrected chi connectivity index (χ3v) is 5.42. The molecular formula is C20H25F3N2O. The molecule has 2 fully saturated rings. The molecule has 1 aromatic rings. The number of amides is 1. The van der Waals surface area contributed by atoms with Gasteiger partial charge in [0.2, 0.25) is 0 Å². The molecule has 2 atom stereocenters. The first-order chi connectivity index (χ1) is 12.3. The third-order valence-electron chi connectivity index (χ3n) is 5.42. The van der Waals surface area contributed by atoms with Crippen molar-refractivity contribution in [1.82, 2.24) is 4.90 Å². The van der Waals surface area contributed by atoms with Crippen LogP contribution in [0.2, 0.25) is 0 Å². The second-order valence-electron chi connectivity index (χ2n) is 7.45. The van der Waals surface area contributed by atoms with Crippen LogP contribution in [0.1, 0.15) is 38.2 Å². The normalized spacial score (nSPS) is 28.4. The fourth-order valence-corrected chi connectivity index (χ4v) is 3.91. The van der Waals surface area contributed by atoms with E-state index in [1.807, 2.05) is 43.3 Å². The Morgan fingerprint density at radius 1 is 1.23 bits per heavy atom. The smallest absolute Gasteiger partial charge is 0.331 e. The van der Waals surface area contributed by atoms with Crippen LogP contribution in [0.5, 0.6) is 0 Å². The maximum absolute atomic E-state index is 13.1. The second-order valence-corrected chi connectivity index (χ2v) is 7.45. The Bertz CT molecular complexity index is 665. The summed E-state index contributed by atoms with van der Waals surface area (Å²) in [5.41, 5.74) is 7.89. The SMILES string of the molecule is CC/C(=C\c1ccccc1)C1CC1N(CC1CC(N)C1)C(=O)C(F)(F)F. The van der Waals surface area contributed by atoms with Gasteiger partial charge in [0.25, 0.3) is 0 Å². The summed E-state index contributed by atoms with van der Waals surface area (Å²) in [7, 11) is 0. The van der Waals surface area contributed by atoms with E-state index in [1.54, 1.807) is 0 Å². The highest BCUT2D eigenvalue weighted by Gasteiger charge is 2.52. The van der Waals surface area contributed by atoms with E-state index in [-0.39, 0.29) is 30.5 Å². The van der Waals surface area contributed by atoms with Gasteiger partial charge in [-0.05, 0) is 37.2 Å². The second kappa shape index (κ2) is 7.43. The molecule has 2 aliphatic rings. The number of carbonyl (C=O) groups excluding carboxylic acids is 1. The van der Waals surface area contributed by atoms with Gasteiger partial charge in [-0.1, -0.05) is 48.9 Å². The van der Waals surface area contributed by atoms with E-state index in [2.05, 4.69) is 0 Å². The molecule has 1 amide bonds. The maximum Gasteiger partial charge on any atom is 0.471 e. The molecule has 0 heterocycles. The summed E-state index contributed by atoms with van der Waals surface area (Å²) < 4.78 is 39.2. The molecule has 0 aromatic heterocycles. The van der Waals surface area contributed by atoms with Crippen LogP contribution in [0.3, 0.4) is 0 Å². The van der Waals surface area contributed by atoms with Crippen molar-refractivity contribution in [2.75, 3.05) is 6.54 Å². The van der Waals surface area contributed by atoms with E-state index >= 15 is 0 Å². The zero-order valence-corrected chi connectivity index (χ0v) is 14.9. The monoisotopic (exact) mass is 366 g/mol. The van der Waals surface area contributed by atoms with Crippen molar-refractivity contribution in [3.05, 3.63) is 41.5 Å². The Morgan fingerprint density at radius 2 is 1.88 bits per heavy atom. The van der Waals surface area contributed by atoms with Gasteiger partial charge in [0.1, 0.15) is 0 Å². The lowest BCUT2D eigenvalue weighted by atomic mass is 9.80. The predicted molar refractivity (Wildman–Crippen MR) is 95.1 cm³/mol. The molecule has 6 heteroatoms. The van der Waals surface area contributed by atoms with E-state index in [0.29, 0.717) is 19.3 Å². The van der Waals surface area contributed by atoms with Gasteiger partial charge in [-0.25, -0.2) is 0 Å². The van der Waals surface area contributed by atoms with Gasteiger partial charge in [0.15, 0.2) is 0 Å².